The number of carbonyl (C=O) groups excluding carboxylic acids is 1. The van der Waals surface area contributed by atoms with Crippen LogP contribution in [0.2, 0.25) is 0 Å². The third kappa shape index (κ3) is 5.92. The van der Waals surface area contributed by atoms with Crippen LogP contribution >= 0.6 is 11.8 Å². The first-order chi connectivity index (χ1) is 15.6. The molecule has 3 atom stereocenters. The van der Waals surface area contributed by atoms with Crippen LogP contribution in [0.3, 0.4) is 0 Å². The van der Waals surface area contributed by atoms with Gasteiger partial charge in [0.05, 0.1) is 18.8 Å². The normalized spacial score (nSPS) is 20.6. The van der Waals surface area contributed by atoms with E-state index in [9.17, 15) is 9.90 Å². The lowest BCUT2D eigenvalue weighted by Crippen LogP contribution is -2.31. The van der Waals surface area contributed by atoms with E-state index < -0.39 is 6.29 Å². The van der Waals surface area contributed by atoms with E-state index in [0.29, 0.717) is 23.0 Å². The van der Waals surface area contributed by atoms with Gasteiger partial charge in [0.15, 0.2) is 11.4 Å². The van der Waals surface area contributed by atoms with Crippen LogP contribution in [0, 0.1) is 0 Å². The molecule has 1 aliphatic rings. The van der Waals surface area contributed by atoms with Crippen molar-refractivity contribution in [2.75, 3.05) is 11.1 Å². The predicted molar refractivity (Wildman–Crippen MR) is 122 cm³/mol. The number of aliphatic hydroxyl groups is 1. The molecule has 1 saturated heterocycles. The fourth-order valence-corrected chi connectivity index (χ4v) is 4.34. The number of hydrogen-bond donors (Lipinski definition) is 2. The summed E-state index contributed by atoms with van der Waals surface area (Å²) >= 11 is 1.55. The molecule has 0 aliphatic carbocycles. The number of aliphatic hydroxyl groups excluding tert-OH is 1. The zero-order valence-electron chi connectivity index (χ0n) is 17.7. The number of carbonyl (C=O) groups is 1. The maximum Gasteiger partial charge on any atom is 0.221 e. The zero-order valence-corrected chi connectivity index (χ0v) is 18.5. The van der Waals surface area contributed by atoms with Gasteiger partial charge >= 0.3 is 0 Å². The highest BCUT2D eigenvalue weighted by atomic mass is 32.2. The van der Waals surface area contributed by atoms with E-state index in [1.807, 2.05) is 48.5 Å². The van der Waals surface area contributed by atoms with E-state index in [1.54, 1.807) is 30.2 Å². The maximum absolute atomic E-state index is 11.5. The van der Waals surface area contributed by atoms with E-state index in [-0.39, 0.29) is 24.7 Å². The number of rotatable bonds is 7. The van der Waals surface area contributed by atoms with Crippen molar-refractivity contribution < 1.29 is 19.4 Å². The highest BCUT2D eigenvalue weighted by Gasteiger charge is 2.32. The molecular formula is C24H25N3O4S. The number of thioether (sulfide) groups is 1. The molecule has 2 aromatic carbocycles. The van der Waals surface area contributed by atoms with Crippen LogP contribution in [0.4, 0.5) is 5.69 Å². The smallest absolute Gasteiger partial charge is 0.221 e. The quantitative estimate of drug-likeness (QED) is 0.409. The van der Waals surface area contributed by atoms with Crippen molar-refractivity contribution in [2.24, 2.45) is 0 Å². The fourth-order valence-electron chi connectivity index (χ4n) is 3.52. The highest BCUT2D eigenvalue weighted by molar-refractivity contribution is 7.99. The van der Waals surface area contributed by atoms with E-state index in [4.69, 9.17) is 9.47 Å². The molecule has 0 saturated carbocycles. The van der Waals surface area contributed by atoms with E-state index >= 15 is 0 Å². The molecule has 1 aromatic heterocycles. The summed E-state index contributed by atoms with van der Waals surface area (Å²) in [7, 11) is 0. The second-order valence-electron chi connectivity index (χ2n) is 7.50. The topological polar surface area (TPSA) is 93.6 Å². The number of nitrogens with zero attached hydrogens (tertiary/aromatic N) is 2. The molecule has 0 unspecified atom stereocenters. The molecule has 4 rings (SSSR count). The molecule has 0 spiro atoms. The number of benzene rings is 2. The van der Waals surface area contributed by atoms with Gasteiger partial charge in [-0.2, -0.15) is 0 Å². The Balaban J connectivity index is 1.55. The SMILES string of the molecule is CC(=O)Nc1cccc([C@@H]2O[C@H](CSc3ncccn3)C[C@H](c3ccc(CO)cc3)O2)c1. The first-order valence-electron chi connectivity index (χ1n) is 10.4. The Morgan fingerprint density at radius 1 is 1.09 bits per heavy atom. The number of nitrogens with one attached hydrogen (secondary N) is 1. The lowest BCUT2D eigenvalue weighted by atomic mass is 10.0. The van der Waals surface area contributed by atoms with Gasteiger partial charge in [-0.3, -0.25) is 4.79 Å². The molecule has 1 fully saturated rings. The molecule has 32 heavy (non-hydrogen) atoms. The number of hydrogen-bond acceptors (Lipinski definition) is 7. The van der Waals surface area contributed by atoms with Gasteiger partial charge in [-0.25, -0.2) is 9.97 Å². The number of aromatic nitrogens is 2. The Hall–Kier alpha value is -2.78. The minimum Gasteiger partial charge on any atom is -0.392 e. The van der Waals surface area contributed by atoms with Crippen LogP contribution in [0.5, 0.6) is 0 Å². The van der Waals surface area contributed by atoms with Crippen molar-refractivity contribution in [1.29, 1.82) is 0 Å². The van der Waals surface area contributed by atoms with Crippen LogP contribution in [0.25, 0.3) is 0 Å². The Morgan fingerprint density at radius 3 is 2.59 bits per heavy atom. The van der Waals surface area contributed by atoms with Crippen molar-refractivity contribution in [3.05, 3.63) is 83.7 Å². The molecule has 0 bridgehead atoms. The van der Waals surface area contributed by atoms with Gasteiger partial charge in [0, 0.05) is 42.7 Å². The zero-order chi connectivity index (χ0) is 22.3. The minimum absolute atomic E-state index is 0.00379. The molecule has 0 radical (unpaired) electrons. The number of ether oxygens (including phenoxy) is 2. The average Bonchev–Trinajstić information content (AvgIpc) is 2.83. The Bertz CT molecular complexity index is 1030. The third-order valence-electron chi connectivity index (χ3n) is 5.03. The molecule has 7 nitrogen and oxygen atoms in total. The second kappa shape index (κ2) is 10.7. The highest BCUT2D eigenvalue weighted by Crippen LogP contribution is 2.39. The van der Waals surface area contributed by atoms with Crippen LogP contribution in [0.1, 0.15) is 42.4 Å². The summed E-state index contributed by atoms with van der Waals surface area (Å²) in [5.41, 5.74) is 3.41. The molecule has 166 valence electrons. The van der Waals surface area contributed by atoms with Gasteiger partial charge in [0.2, 0.25) is 5.91 Å². The molecule has 2 heterocycles. The molecule has 8 heteroatoms. The van der Waals surface area contributed by atoms with Crippen LogP contribution in [-0.2, 0) is 20.9 Å². The monoisotopic (exact) mass is 451 g/mol. The second-order valence-corrected chi connectivity index (χ2v) is 8.49. The van der Waals surface area contributed by atoms with E-state index in [2.05, 4.69) is 15.3 Å². The van der Waals surface area contributed by atoms with Gasteiger partial charge in [-0.15, -0.1) is 0 Å². The van der Waals surface area contributed by atoms with E-state index in [0.717, 1.165) is 16.7 Å². The van der Waals surface area contributed by atoms with Crippen molar-refractivity contribution in [2.45, 2.75) is 43.6 Å². The van der Waals surface area contributed by atoms with Gasteiger partial charge in [-0.05, 0) is 29.3 Å². The predicted octanol–water partition coefficient (Wildman–Crippen LogP) is 4.27. The standard InChI is InChI=1S/C24H25N3O4S/c1-16(29)27-20-5-2-4-19(12-20)23-30-21(15-32-24-25-10-3-11-26-24)13-22(31-23)18-8-6-17(14-28)7-9-18/h2-12,21-23,28H,13-15H2,1H3,(H,27,29)/t21-,22+,23+/m0/s1. The van der Waals surface area contributed by atoms with Gasteiger partial charge in [-0.1, -0.05) is 48.2 Å². The Morgan fingerprint density at radius 2 is 1.88 bits per heavy atom. The lowest BCUT2D eigenvalue weighted by Gasteiger charge is -2.36. The summed E-state index contributed by atoms with van der Waals surface area (Å²) in [6.45, 7) is 1.48. The molecule has 2 N–H and O–H groups in total. The molecular weight excluding hydrogens is 426 g/mol. The summed E-state index contributed by atoms with van der Waals surface area (Å²) < 4.78 is 12.6. The van der Waals surface area contributed by atoms with Gasteiger partial charge in [0.25, 0.3) is 0 Å². The number of anilines is 1. The van der Waals surface area contributed by atoms with Crippen molar-refractivity contribution in [3.63, 3.8) is 0 Å². The van der Waals surface area contributed by atoms with Crippen LogP contribution in [-0.4, -0.2) is 32.8 Å². The molecule has 1 amide bonds. The third-order valence-corrected chi connectivity index (χ3v) is 6.04. The minimum atomic E-state index is -0.581. The average molecular weight is 452 g/mol. The summed E-state index contributed by atoms with van der Waals surface area (Å²) in [6.07, 6.45) is 3.29. The first kappa shape index (κ1) is 22.4. The largest absolute Gasteiger partial charge is 0.392 e. The first-order valence-corrected chi connectivity index (χ1v) is 11.4. The van der Waals surface area contributed by atoms with E-state index in [1.165, 1.54) is 6.92 Å². The summed E-state index contributed by atoms with van der Waals surface area (Å²) in [5, 5.41) is 12.9. The van der Waals surface area contributed by atoms with Crippen LogP contribution < -0.4 is 5.32 Å². The van der Waals surface area contributed by atoms with Crippen LogP contribution in [0.15, 0.2) is 72.1 Å². The number of amides is 1. The fraction of sp³-hybridized carbons (Fsp3) is 0.292. The molecule has 1 aliphatic heterocycles. The lowest BCUT2D eigenvalue weighted by molar-refractivity contribution is -0.245. The van der Waals surface area contributed by atoms with Crippen molar-refractivity contribution >= 4 is 23.4 Å². The van der Waals surface area contributed by atoms with Crippen molar-refractivity contribution in [3.8, 4) is 0 Å². The Kier molecular flexibility index (Phi) is 7.49. The maximum atomic E-state index is 11.5. The summed E-state index contributed by atoms with van der Waals surface area (Å²) in [4.78, 5) is 20.0. The Labute approximate surface area is 191 Å². The summed E-state index contributed by atoms with van der Waals surface area (Å²) in [6, 6.07) is 17.1. The van der Waals surface area contributed by atoms with Gasteiger partial charge in [0.1, 0.15) is 0 Å². The molecule has 3 aromatic rings. The van der Waals surface area contributed by atoms with Crippen molar-refractivity contribution in [1.82, 2.24) is 9.97 Å². The summed E-state index contributed by atoms with van der Waals surface area (Å²) in [5.74, 6) is 0.548. The van der Waals surface area contributed by atoms with Gasteiger partial charge < -0.3 is 19.9 Å².